The summed E-state index contributed by atoms with van der Waals surface area (Å²) >= 11 is 0. The van der Waals surface area contributed by atoms with Crippen molar-refractivity contribution in [2.24, 2.45) is 5.92 Å². The lowest BCUT2D eigenvalue weighted by Crippen LogP contribution is -2.08. The normalized spacial score (nSPS) is 15.0. The Balaban J connectivity index is 1.27. The minimum absolute atomic E-state index is 0.334. The quantitative estimate of drug-likeness (QED) is 0.209. The highest BCUT2D eigenvalue weighted by Crippen LogP contribution is 2.46. The molecule has 0 amide bonds. The van der Waals surface area contributed by atoms with E-state index in [1.807, 2.05) is 42.5 Å². The van der Waals surface area contributed by atoms with E-state index >= 15 is 0 Å². The zero-order chi connectivity index (χ0) is 29.6. The maximum atomic E-state index is 9.29. The van der Waals surface area contributed by atoms with Crippen molar-refractivity contribution in [3.63, 3.8) is 0 Å². The molecule has 4 heteroatoms. The molecule has 1 aromatic heterocycles. The Morgan fingerprint density at radius 2 is 1.41 bits per heavy atom. The van der Waals surface area contributed by atoms with Crippen molar-refractivity contribution in [1.82, 2.24) is 15.0 Å². The minimum Gasteiger partial charge on any atom is -0.209 e. The van der Waals surface area contributed by atoms with Gasteiger partial charge in [0.05, 0.1) is 11.6 Å². The molecule has 0 aliphatic heterocycles. The Labute approximate surface area is 256 Å². The molecule has 2 aliphatic rings. The fourth-order valence-electron chi connectivity index (χ4n) is 6.31. The van der Waals surface area contributed by atoms with Gasteiger partial charge in [-0.3, -0.25) is 0 Å². The molecule has 0 N–H and O–H groups in total. The van der Waals surface area contributed by atoms with Gasteiger partial charge in [-0.1, -0.05) is 104 Å². The first-order chi connectivity index (χ1) is 21.7. The summed E-state index contributed by atoms with van der Waals surface area (Å²) in [6.45, 7) is 2.22. The van der Waals surface area contributed by atoms with Crippen molar-refractivity contribution in [2.45, 2.75) is 19.8 Å². The van der Waals surface area contributed by atoms with E-state index in [4.69, 9.17) is 15.0 Å². The van der Waals surface area contributed by atoms with Crippen molar-refractivity contribution in [3.8, 4) is 51.1 Å². The molecule has 6 aromatic rings. The van der Waals surface area contributed by atoms with E-state index in [1.165, 1.54) is 33.0 Å². The third-order valence-electron chi connectivity index (χ3n) is 8.72. The Hall–Kier alpha value is -5.66. The lowest BCUT2D eigenvalue weighted by Gasteiger charge is -2.17. The van der Waals surface area contributed by atoms with Crippen LogP contribution in [0.2, 0.25) is 0 Å². The highest BCUT2D eigenvalue weighted by molar-refractivity contribution is 6.09. The van der Waals surface area contributed by atoms with E-state index < -0.39 is 0 Å². The maximum Gasteiger partial charge on any atom is 0.164 e. The van der Waals surface area contributed by atoms with E-state index in [2.05, 4.69) is 91.9 Å². The smallest absolute Gasteiger partial charge is 0.164 e. The van der Waals surface area contributed by atoms with Gasteiger partial charge in [0.2, 0.25) is 0 Å². The van der Waals surface area contributed by atoms with Gasteiger partial charge >= 0.3 is 0 Å². The van der Waals surface area contributed by atoms with Crippen LogP contribution in [0, 0.1) is 17.2 Å². The summed E-state index contributed by atoms with van der Waals surface area (Å²) in [7, 11) is 0. The third-order valence-corrected chi connectivity index (χ3v) is 8.72. The third kappa shape index (κ3) is 4.60. The number of nitrogens with zero attached hydrogens (tertiary/aromatic N) is 4. The summed E-state index contributed by atoms with van der Waals surface area (Å²) in [6.07, 6.45) is 8.40. The van der Waals surface area contributed by atoms with E-state index in [1.54, 1.807) is 0 Å². The van der Waals surface area contributed by atoms with E-state index in [0.29, 0.717) is 23.1 Å². The summed E-state index contributed by atoms with van der Waals surface area (Å²) in [5.41, 5.74) is 11.2. The van der Waals surface area contributed by atoms with Crippen molar-refractivity contribution < 1.29 is 0 Å². The molecule has 0 bridgehead atoms. The number of nitriles is 1. The predicted octanol–water partition coefficient (Wildman–Crippen LogP) is 9.45. The van der Waals surface area contributed by atoms with Crippen molar-refractivity contribution in [2.75, 3.05) is 0 Å². The monoisotopic (exact) mass is 564 g/mol. The topological polar surface area (TPSA) is 62.5 Å². The lowest BCUT2D eigenvalue weighted by atomic mass is 9.92. The summed E-state index contributed by atoms with van der Waals surface area (Å²) in [6, 6.07) is 37.7. The van der Waals surface area contributed by atoms with Crippen LogP contribution < -0.4 is 0 Å². The Morgan fingerprint density at radius 3 is 2.20 bits per heavy atom. The Bertz CT molecular complexity index is 2180. The molecule has 44 heavy (non-hydrogen) atoms. The van der Waals surface area contributed by atoms with Crippen LogP contribution in [0.5, 0.6) is 0 Å². The van der Waals surface area contributed by atoms with Gasteiger partial charge in [-0.05, 0) is 87.2 Å². The zero-order valence-electron chi connectivity index (χ0n) is 24.3. The Kier molecular flexibility index (Phi) is 6.24. The number of hydrogen-bond donors (Lipinski definition) is 0. The molecular weight excluding hydrogens is 536 g/mol. The first kappa shape index (κ1) is 26.0. The number of aromatic nitrogens is 3. The van der Waals surface area contributed by atoms with Crippen LogP contribution in [0.4, 0.5) is 0 Å². The van der Waals surface area contributed by atoms with Crippen LogP contribution in [0.3, 0.4) is 0 Å². The molecule has 0 radical (unpaired) electrons. The van der Waals surface area contributed by atoms with Gasteiger partial charge in [-0.2, -0.15) is 5.26 Å². The standard InChI is InChI=1S/C40H28N4/c1-25-9-5-6-14-32(25)40-43-38(28-10-3-2-4-11-28)42-39(44-40)30-13-7-12-29(21-30)35-22-31-23-36(31)37-33(15-8-16-34(35)37)27-19-17-26(24-41)18-20-27/h2-8,10-22,25H,9,23H2,1H3. The fourth-order valence-corrected chi connectivity index (χ4v) is 6.31. The fraction of sp³-hybridized carbons (Fsp3) is 0.100. The van der Waals surface area contributed by atoms with Crippen molar-refractivity contribution >= 4 is 16.3 Å². The van der Waals surface area contributed by atoms with E-state index in [9.17, 15) is 5.26 Å². The number of benzene rings is 5. The number of rotatable bonds is 5. The molecule has 8 rings (SSSR count). The van der Waals surface area contributed by atoms with Crippen LogP contribution in [-0.4, -0.2) is 15.0 Å². The van der Waals surface area contributed by atoms with Gasteiger partial charge in [0.1, 0.15) is 0 Å². The van der Waals surface area contributed by atoms with E-state index in [0.717, 1.165) is 46.5 Å². The molecule has 4 nitrogen and oxygen atoms in total. The summed E-state index contributed by atoms with van der Waals surface area (Å²) in [5, 5.41) is 11.8. The molecule has 1 heterocycles. The van der Waals surface area contributed by atoms with E-state index in [-0.39, 0.29) is 0 Å². The maximum absolute atomic E-state index is 9.29. The van der Waals surface area contributed by atoms with Gasteiger partial charge in [0.15, 0.2) is 17.5 Å². The van der Waals surface area contributed by atoms with Crippen LogP contribution in [0.1, 0.15) is 35.9 Å². The van der Waals surface area contributed by atoms with Crippen LogP contribution in [0.25, 0.3) is 61.4 Å². The highest BCUT2D eigenvalue weighted by Gasteiger charge is 2.25. The summed E-state index contributed by atoms with van der Waals surface area (Å²) in [5.74, 6) is 2.42. The molecule has 1 unspecified atom stereocenters. The average molecular weight is 565 g/mol. The molecule has 0 fully saturated rings. The molecule has 0 spiro atoms. The molecule has 1 atom stereocenters. The summed E-state index contributed by atoms with van der Waals surface area (Å²) < 4.78 is 0. The number of allylic oxidation sites excluding steroid dienone is 4. The van der Waals surface area contributed by atoms with Crippen LogP contribution in [-0.2, 0) is 6.42 Å². The number of hydrogen-bond acceptors (Lipinski definition) is 4. The average Bonchev–Trinajstić information content (AvgIpc) is 3.88. The molecule has 5 aromatic carbocycles. The SMILES string of the molecule is CC1CC=CC=C1c1nc(-c2ccccc2)nc(-c2cccc(-c3cc4c(c5c(-c6ccc(C#N)cc6)cccc35)C4)c2)n1. The van der Waals surface area contributed by atoms with Gasteiger partial charge in [0.25, 0.3) is 0 Å². The second-order valence-electron chi connectivity index (χ2n) is 11.6. The highest BCUT2D eigenvalue weighted by atomic mass is 15.0. The first-order valence-corrected chi connectivity index (χ1v) is 15.0. The molecule has 0 saturated heterocycles. The molecule has 2 aliphatic carbocycles. The largest absolute Gasteiger partial charge is 0.209 e. The van der Waals surface area contributed by atoms with Crippen LogP contribution >= 0.6 is 0 Å². The second-order valence-corrected chi connectivity index (χ2v) is 11.6. The minimum atomic E-state index is 0.334. The van der Waals surface area contributed by atoms with Gasteiger partial charge in [-0.25, -0.2) is 15.0 Å². The Morgan fingerprint density at radius 1 is 0.682 bits per heavy atom. The second kappa shape index (κ2) is 10.6. The number of fused-ring (bicyclic) bond motifs is 3. The lowest BCUT2D eigenvalue weighted by molar-refractivity contribution is 0.747. The van der Waals surface area contributed by atoms with Crippen LogP contribution in [0.15, 0.2) is 121 Å². The van der Waals surface area contributed by atoms with Crippen molar-refractivity contribution in [1.29, 1.82) is 5.26 Å². The van der Waals surface area contributed by atoms with Crippen molar-refractivity contribution in [3.05, 3.63) is 144 Å². The first-order valence-electron chi connectivity index (χ1n) is 15.0. The summed E-state index contributed by atoms with van der Waals surface area (Å²) in [4.78, 5) is 15.0. The predicted molar refractivity (Wildman–Crippen MR) is 177 cm³/mol. The molecule has 208 valence electrons. The molecular formula is C40H28N4. The van der Waals surface area contributed by atoms with Gasteiger partial charge < -0.3 is 0 Å². The molecule has 0 saturated carbocycles. The zero-order valence-corrected chi connectivity index (χ0v) is 24.3. The van der Waals surface area contributed by atoms with Gasteiger partial charge in [0, 0.05) is 16.7 Å². The van der Waals surface area contributed by atoms with Gasteiger partial charge in [-0.15, -0.1) is 0 Å².